The van der Waals surface area contributed by atoms with Gasteiger partial charge in [-0.1, -0.05) is 19.9 Å². The average molecular weight is 225 g/mol. The summed E-state index contributed by atoms with van der Waals surface area (Å²) in [7, 11) is 0. The lowest BCUT2D eigenvalue weighted by atomic mass is 9.80. The highest BCUT2D eigenvalue weighted by atomic mass is 16.3. The van der Waals surface area contributed by atoms with Crippen LogP contribution in [0.3, 0.4) is 0 Å². The molecule has 16 heavy (non-hydrogen) atoms. The van der Waals surface area contributed by atoms with Gasteiger partial charge in [-0.05, 0) is 50.6 Å². The molecule has 0 bridgehead atoms. The Morgan fingerprint density at radius 2 is 1.94 bits per heavy atom. The fraction of sp³-hybridized carbons (Fsp3) is 0.857. The summed E-state index contributed by atoms with van der Waals surface area (Å²) in [6.45, 7) is 13.2. The summed E-state index contributed by atoms with van der Waals surface area (Å²) in [6.07, 6.45) is 5.35. The highest BCUT2D eigenvalue weighted by Gasteiger charge is 2.31. The van der Waals surface area contributed by atoms with Crippen LogP contribution in [0.15, 0.2) is 12.7 Å². The van der Waals surface area contributed by atoms with E-state index in [1.54, 1.807) is 0 Å². The van der Waals surface area contributed by atoms with E-state index in [1.807, 2.05) is 6.08 Å². The lowest BCUT2D eigenvalue weighted by Gasteiger charge is -2.42. The number of hydrogen-bond acceptors (Lipinski definition) is 2. The molecule has 0 aromatic heterocycles. The summed E-state index contributed by atoms with van der Waals surface area (Å²) in [6, 6.07) is 0.626. The van der Waals surface area contributed by atoms with Crippen LogP contribution in [-0.4, -0.2) is 35.7 Å². The Balaban J connectivity index is 2.44. The zero-order valence-corrected chi connectivity index (χ0v) is 11.1. The van der Waals surface area contributed by atoms with Gasteiger partial charge >= 0.3 is 0 Å². The van der Waals surface area contributed by atoms with Crippen molar-refractivity contribution < 1.29 is 5.11 Å². The fourth-order valence-electron chi connectivity index (χ4n) is 2.45. The van der Waals surface area contributed by atoms with Crippen molar-refractivity contribution >= 4 is 0 Å². The summed E-state index contributed by atoms with van der Waals surface area (Å²) < 4.78 is 0. The van der Waals surface area contributed by atoms with E-state index < -0.39 is 0 Å². The Bertz CT molecular complexity index is 219. The smallest absolute Gasteiger partial charge is 0.0485 e. The molecule has 1 saturated heterocycles. The maximum absolute atomic E-state index is 9.34. The summed E-state index contributed by atoms with van der Waals surface area (Å²) in [5.41, 5.74) is 0.165. The van der Waals surface area contributed by atoms with Gasteiger partial charge in [-0.25, -0.2) is 0 Å². The van der Waals surface area contributed by atoms with Crippen LogP contribution in [0.1, 0.15) is 40.0 Å². The van der Waals surface area contributed by atoms with E-state index in [0.29, 0.717) is 18.6 Å². The molecule has 2 atom stereocenters. The molecule has 0 radical (unpaired) electrons. The number of hydrogen-bond donors (Lipinski definition) is 1. The van der Waals surface area contributed by atoms with Gasteiger partial charge in [0, 0.05) is 12.6 Å². The molecule has 0 aromatic carbocycles. The van der Waals surface area contributed by atoms with Crippen LogP contribution in [0.5, 0.6) is 0 Å². The lowest BCUT2D eigenvalue weighted by Crippen LogP contribution is -2.46. The van der Waals surface area contributed by atoms with Gasteiger partial charge in [-0.3, -0.25) is 0 Å². The molecule has 0 aliphatic carbocycles. The molecule has 2 unspecified atom stereocenters. The first-order chi connectivity index (χ1) is 7.52. The summed E-state index contributed by atoms with van der Waals surface area (Å²) in [5.74, 6) is 0.677. The van der Waals surface area contributed by atoms with Crippen LogP contribution >= 0.6 is 0 Å². The first-order valence-electron chi connectivity index (χ1n) is 6.48. The Morgan fingerprint density at radius 1 is 1.38 bits per heavy atom. The Hall–Kier alpha value is -0.340. The summed E-state index contributed by atoms with van der Waals surface area (Å²) in [5, 5.41) is 9.34. The monoisotopic (exact) mass is 225 g/mol. The van der Waals surface area contributed by atoms with Crippen LogP contribution in [0.2, 0.25) is 0 Å². The van der Waals surface area contributed by atoms with Gasteiger partial charge in [-0.2, -0.15) is 0 Å². The SMILES string of the molecule is C=CCC(C)C(C)N1CCC(C)(CO)CC1. The van der Waals surface area contributed by atoms with Crippen LogP contribution in [0.25, 0.3) is 0 Å². The Morgan fingerprint density at radius 3 is 2.38 bits per heavy atom. The molecule has 1 rings (SSSR count). The van der Waals surface area contributed by atoms with Crippen molar-refractivity contribution in [2.45, 2.75) is 46.1 Å². The van der Waals surface area contributed by atoms with E-state index in [0.717, 1.165) is 32.4 Å². The maximum Gasteiger partial charge on any atom is 0.0485 e. The number of aliphatic hydroxyl groups excluding tert-OH is 1. The minimum absolute atomic E-state index is 0.165. The van der Waals surface area contributed by atoms with Crippen molar-refractivity contribution in [3.05, 3.63) is 12.7 Å². The zero-order valence-electron chi connectivity index (χ0n) is 11.1. The predicted octanol–water partition coefficient (Wildman–Crippen LogP) is 2.68. The topological polar surface area (TPSA) is 23.5 Å². The Labute approximate surface area is 100 Å². The summed E-state index contributed by atoms with van der Waals surface area (Å²) in [4.78, 5) is 2.56. The molecule has 1 heterocycles. The van der Waals surface area contributed by atoms with E-state index in [1.165, 1.54) is 0 Å². The first kappa shape index (κ1) is 13.7. The molecule has 1 N–H and O–H groups in total. The van der Waals surface area contributed by atoms with Gasteiger partial charge < -0.3 is 10.0 Å². The normalized spacial score (nSPS) is 25.0. The van der Waals surface area contributed by atoms with Gasteiger partial charge in [0.1, 0.15) is 0 Å². The largest absolute Gasteiger partial charge is 0.396 e. The van der Waals surface area contributed by atoms with Crippen molar-refractivity contribution in [2.75, 3.05) is 19.7 Å². The van der Waals surface area contributed by atoms with Gasteiger partial charge in [0.2, 0.25) is 0 Å². The molecule has 2 nitrogen and oxygen atoms in total. The predicted molar refractivity (Wildman–Crippen MR) is 69.4 cm³/mol. The molecular weight excluding hydrogens is 198 g/mol. The van der Waals surface area contributed by atoms with E-state index in [4.69, 9.17) is 0 Å². The number of rotatable bonds is 5. The molecule has 0 amide bonds. The molecule has 2 heteroatoms. The molecular formula is C14H27NO. The van der Waals surface area contributed by atoms with Crippen LogP contribution in [0, 0.1) is 11.3 Å². The molecule has 0 spiro atoms. The van der Waals surface area contributed by atoms with Gasteiger partial charge in [0.25, 0.3) is 0 Å². The molecule has 0 aromatic rings. The highest BCUT2D eigenvalue weighted by Crippen LogP contribution is 2.32. The second-order valence-corrected chi connectivity index (χ2v) is 5.75. The minimum Gasteiger partial charge on any atom is -0.396 e. The molecule has 1 aliphatic heterocycles. The standard InChI is InChI=1S/C14H27NO/c1-5-6-12(2)13(3)15-9-7-14(4,11-16)8-10-15/h5,12-13,16H,1,6-11H2,2-4H3. The van der Waals surface area contributed by atoms with E-state index >= 15 is 0 Å². The third-order valence-electron chi connectivity index (χ3n) is 4.32. The van der Waals surface area contributed by atoms with Crippen molar-refractivity contribution in [3.63, 3.8) is 0 Å². The van der Waals surface area contributed by atoms with E-state index in [9.17, 15) is 5.11 Å². The quantitative estimate of drug-likeness (QED) is 0.727. The second kappa shape index (κ2) is 5.83. The minimum atomic E-state index is 0.165. The lowest BCUT2D eigenvalue weighted by molar-refractivity contribution is 0.0324. The number of nitrogens with zero attached hydrogens (tertiary/aromatic N) is 1. The summed E-state index contributed by atoms with van der Waals surface area (Å²) >= 11 is 0. The fourth-order valence-corrected chi connectivity index (χ4v) is 2.45. The van der Waals surface area contributed by atoms with Crippen molar-refractivity contribution in [3.8, 4) is 0 Å². The highest BCUT2D eigenvalue weighted by molar-refractivity contribution is 4.86. The number of likely N-dealkylation sites (tertiary alicyclic amines) is 1. The average Bonchev–Trinajstić information content (AvgIpc) is 2.29. The third-order valence-corrected chi connectivity index (χ3v) is 4.32. The third kappa shape index (κ3) is 3.33. The van der Waals surface area contributed by atoms with E-state index in [-0.39, 0.29) is 5.41 Å². The van der Waals surface area contributed by atoms with Crippen molar-refractivity contribution in [1.29, 1.82) is 0 Å². The van der Waals surface area contributed by atoms with Crippen LogP contribution in [-0.2, 0) is 0 Å². The molecule has 1 aliphatic rings. The van der Waals surface area contributed by atoms with Crippen LogP contribution in [0.4, 0.5) is 0 Å². The van der Waals surface area contributed by atoms with Gasteiger partial charge in [-0.15, -0.1) is 6.58 Å². The van der Waals surface area contributed by atoms with Gasteiger partial charge in [0.05, 0.1) is 0 Å². The second-order valence-electron chi connectivity index (χ2n) is 5.75. The number of piperidine rings is 1. The molecule has 0 saturated carbocycles. The van der Waals surface area contributed by atoms with Crippen molar-refractivity contribution in [1.82, 2.24) is 4.90 Å². The van der Waals surface area contributed by atoms with Crippen molar-refractivity contribution in [2.24, 2.45) is 11.3 Å². The zero-order chi connectivity index (χ0) is 12.2. The number of allylic oxidation sites excluding steroid dienone is 1. The molecule has 1 fully saturated rings. The van der Waals surface area contributed by atoms with E-state index in [2.05, 4.69) is 32.3 Å². The number of aliphatic hydroxyl groups is 1. The maximum atomic E-state index is 9.34. The Kier molecular flexibility index (Phi) is 5.00. The molecule has 94 valence electrons. The first-order valence-corrected chi connectivity index (χ1v) is 6.48. The van der Waals surface area contributed by atoms with Crippen LogP contribution < -0.4 is 0 Å². The van der Waals surface area contributed by atoms with Gasteiger partial charge in [0.15, 0.2) is 0 Å².